The third kappa shape index (κ3) is 3.18. The number of aromatic nitrogens is 4. The third-order valence-electron chi connectivity index (χ3n) is 2.45. The number of nitrogens with one attached hydrogen (secondary N) is 1. The quantitative estimate of drug-likeness (QED) is 0.766. The second-order valence-corrected chi connectivity index (χ2v) is 3.97. The van der Waals surface area contributed by atoms with E-state index in [1.807, 2.05) is 0 Å². The topological polar surface area (TPSA) is 102 Å². The number of carbonyl (C=O) groups is 2. The van der Waals surface area contributed by atoms with Crippen LogP contribution in [-0.4, -0.2) is 36.5 Å². The smallest absolute Gasteiger partial charge is 0.325 e. The predicted octanol–water partition coefficient (Wildman–Crippen LogP) is -0.369. The van der Waals surface area contributed by atoms with Gasteiger partial charge in [-0.2, -0.15) is 10.2 Å². The first kappa shape index (κ1) is 12.8. The maximum atomic E-state index is 11.9. The Bertz CT molecular complexity index is 601. The van der Waals surface area contributed by atoms with E-state index in [1.165, 1.54) is 12.3 Å². The van der Waals surface area contributed by atoms with Gasteiger partial charge >= 0.3 is 5.97 Å². The van der Waals surface area contributed by atoms with Crippen molar-refractivity contribution in [3.05, 3.63) is 35.9 Å². The lowest BCUT2D eigenvalue weighted by Gasteiger charge is -2.05. The fraction of sp³-hybridized carbons (Fsp3) is 0.273. The highest BCUT2D eigenvalue weighted by Crippen LogP contribution is 2.01. The van der Waals surface area contributed by atoms with E-state index >= 15 is 0 Å². The monoisotopic (exact) mass is 263 g/mol. The first-order valence-corrected chi connectivity index (χ1v) is 5.55. The van der Waals surface area contributed by atoms with Crippen molar-refractivity contribution in [2.45, 2.75) is 13.1 Å². The van der Waals surface area contributed by atoms with Crippen LogP contribution in [0.15, 0.2) is 24.7 Å². The molecule has 0 radical (unpaired) electrons. The summed E-state index contributed by atoms with van der Waals surface area (Å²) in [6.07, 6.45) is 4.82. The molecule has 100 valence electrons. The maximum Gasteiger partial charge on any atom is 0.325 e. The lowest BCUT2D eigenvalue weighted by atomic mass is 10.3. The molecular formula is C11H13N5O3. The summed E-state index contributed by atoms with van der Waals surface area (Å²) in [6.45, 7) is -0.0203. The van der Waals surface area contributed by atoms with Gasteiger partial charge in [0.2, 0.25) is 0 Å². The highest BCUT2D eigenvalue weighted by Gasteiger charge is 2.13. The fourth-order valence-electron chi connectivity index (χ4n) is 1.62. The molecule has 2 rings (SSSR count). The van der Waals surface area contributed by atoms with Crippen molar-refractivity contribution in [1.82, 2.24) is 24.9 Å². The minimum Gasteiger partial charge on any atom is -0.480 e. The van der Waals surface area contributed by atoms with E-state index in [4.69, 9.17) is 5.11 Å². The molecular weight excluding hydrogens is 250 g/mol. The van der Waals surface area contributed by atoms with Crippen molar-refractivity contribution in [2.75, 3.05) is 0 Å². The molecule has 2 aromatic rings. The Morgan fingerprint density at radius 3 is 2.84 bits per heavy atom. The number of aliphatic carboxylic acids is 1. The summed E-state index contributed by atoms with van der Waals surface area (Å²) in [7, 11) is 1.78. The van der Waals surface area contributed by atoms with E-state index in [-0.39, 0.29) is 18.1 Å². The van der Waals surface area contributed by atoms with Gasteiger partial charge in [0.1, 0.15) is 12.2 Å². The van der Waals surface area contributed by atoms with Crippen molar-refractivity contribution in [2.24, 2.45) is 7.05 Å². The molecule has 0 atom stereocenters. The van der Waals surface area contributed by atoms with E-state index in [0.717, 1.165) is 10.2 Å². The summed E-state index contributed by atoms with van der Waals surface area (Å²) in [5.74, 6) is -1.42. The minimum atomic E-state index is -1.05. The first-order chi connectivity index (χ1) is 9.06. The van der Waals surface area contributed by atoms with Crippen molar-refractivity contribution >= 4 is 11.9 Å². The molecule has 19 heavy (non-hydrogen) atoms. The number of carboxylic acids is 1. The van der Waals surface area contributed by atoms with Gasteiger partial charge < -0.3 is 10.4 Å². The van der Waals surface area contributed by atoms with Crippen LogP contribution in [0.5, 0.6) is 0 Å². The van der Waals surface area contributed by atoms with Crippen LogP contribution in [0, 0.1) is 0 Å². The van der Waals surface area contributed by atoms with Crippen molar-refractivity contribution in [3.8, 4) is 0 Å². The molecule has 0 saturated heterocycles. The number of hydrogen-bond acceptors (Lipinski definition) is 4. The van der Waals surface area contributed by atoms with Crippen molar-refractivity contribution in [1.29, 1.82) is 0 Å². The maximum absolute atomic E-state index is 11.9. The van der Waals surface area contributed by atoms with Crippen LogP contribution in [0.1, 0.15) is 16.1 Å². The second-order valence-electron chi connectivity index (χ2n) is 3.97. The SMILES string of the molecule is Cn1cc(CNC(=O)c2ccnn2CC(=O)O)cn1. The van der Waals surface area contributed by atoms with E-state index in [0.29, 0.717) is 6.54 Å². The number of hydrogen-bond donors (Lipinski definition) is 2. The van der Waals surface area contributed by atoms with E-state index in [1.54, 1.807) is 24.1 Å². The van der Waals surface area contributed by atoms with E-state index < -0.39 is 5.97 Å². The summed E-state index contributed by atoms with van der Waals surface area (Å²) < 4.78 is 2.77. The van der Waals surface area contributed by atoms with Gasteiger partial charge in [0.25, 0.3) is 5.91 Å². The number of aryl methyl sites for hydroxylation is 1. The molecule has 0 aliphatic heterocycles. The third-order valence-corrected chi connectivity index (χ3v) is 2.45. The number of nitrogens with zero attached hydrogens (tertiary/aromatic N) is 4. The van der Waals surface area contributed by atoms with Crippen LogP contribution in [-0.2, 0) is 24.9 Å². The molecule has 0 bridgehead atoms. The van der Waals surface area contributed by atoms with Gasteiger partial charge in [-0.1, -0.05) is 0 Å². The summed E-state index contributed by atoms with van der Waals surface area (Å²) in [4.78, 5) is 22.5. The zero-order valence-corrected chi connectivity index (χ0v) is 10.3. The standard InChI is InChI=1S/C11H13N5O3/c1-15-6-8(5-14-15)4-12-11(19)9-2-3-13-16(9)7-10(17)18/h2-3,5-6H,4,7H2,1H3,(H,12,19)(H,17,18). The Kier molecular flexibility index (Phi) is 3.60. The van der Waals surface area contributed by atoms with Gasteiger partial charge in [-0.05, 0) is 6.07 Å². The lowest BCUT2D eigenvalue weighted by Crippen LogP contribution is -2.26. The predicted molar refractivity (Wildman–Crippen MR) is 64.2 cm³/mol. The van der Waals surface area contributed by atoms with Gasteiger partial charge in [0.05, 0.1) is 6.20 Å². The van der Waals surface area contributed by atoms with Crippen molar-refractivity contribution in [3.63, 3.8) is 0 Å². The molecule has 8 nitrogen and oxygen atoms in total. The molecule has 0 aromatic carbocycles. The van der Waals surface area contributed by atoms with Gasteiger partial charge in [0.15, 0.2) is 0 Å². The Morgan fingerprint density at radius 1 is 1.42 bits per heavy atom. The number of rotatable bonds is 5. The molecule has 1 amide bonds. The molecule has 0 aliphatic carbocycles. The van der Waals surface area contributed by atoms with Crippen LogP contribution < -0.4 is 5.32 Å². The van der Waals surface area contributed by atoms with Crippen LogP contribution in [0.4, 0.5) is 0 Å². The lowest BCUT2D eigenvalue weighted by molar-refractivity contribution is -0.137. The summed E-state index contributed by atoms with van der Waals surface area (Å²) in [6, 6.07) is 1.47. The molecule has 8 heteroatoms. The molecule has 0 saturated carbocycles. The van der Waals surface area contributed by atoms with Crippen molar-refractivity contribution < 1.29 is 14.7 Å². The van der Waals surface area contributed by atoms with Crippen LogP contribution >= 0.6 is 0 Å². The first-order valence-electron chi connectivity index (χ1n) is 5.55. The zero-order valence-electron chi connectivity index (χ0n) is 10.3. The Balaban J connectivity index is 2.00. The molecule has 0 unspecified atom stereocenters. The van der Waals surface area contributed by atoms with E-state index in [2.05, 4.69) is 15.5 Å². The summed E-state index contributed by atoms with van der Waals surface area (Å²) >= 11 is 0. The number of amides is 1. The highest BCUT2D eigenvalue weighted by molar-refractivity contribution is 5.92. The highest BCUT2D eigenvalue weighted by atomic mass is 16.4. The fourth-order valence-corrected chi connectivity index (χ4v) is 1.62. The number of carboxylic acid groups (broad SMARTS) is 1. The second kappa shape index (κ2) is 5.34. The largest absolute Gasteiger partial charge is 0.480 e. The van der Waals surface area contributed by atoms with Crippen LogP contribution in [0.3, 0.4) is 0 Å². The van der Waals surface area contributed by atoms with E-state index in [9.17, 15) is 9.59 Å². The molecule has 2 N–H and O–H groups in total. The number of carbonyl (C=O) groups excluding carboxylic acids is 1. The van der Waals surface area contributed by atoms with Gasteiger partial charge in [0, 0.05) is 31.5 Å². The molecule has 0 spiro atoms. The minimum absolute atomic E-state index is 0.214. The molecule has 0 fully saturated rings. The molecule has 2 aromatic heterocycles. The van der Waals surface area contributed by atoms with Crippen LogP contribution in [0.25, 0.3) is 0 Å². The Labute approximate surface area is 108 Å². The van der Waals surface area contributed by atoms with Crippen LogP contribution in [0.2, 0.25) is 0 Å². The van der Waals surface area contributed by atoms with Gasteiger partial charge in [-0.15, -0.1) is 0 Å². The Hall–Kier alpha value is -2.64. The molecule has 0 aliphatic rings. The van der Waals surface area contributed by atoms with Gasteiger partial charge in [-0.25, -0.2) is 4.68 Å². The Morgan fingerprint density at radius 2 is 2.21 bits per heavy atom. The normalized spacial score (nSPS) is 10.4. The molecule has 2 heterocycles. The summed E-state index contributed by atoms with van der Waals surface area (Å²) in [5.41, 5.74) is 1.08. The average Bonchev–Trinajstić information content (AvgIpc) is 2.94. The zero-order chi connectivity index (χ0) is 13.8. The summed E-state index contributed by atoms with van der Waals surface area (Å²) in [5, 5.41) is 19.2. The average molecular weight is 263 g/mol. The van der Waals surface area contributed by atoms with Gasteiger partial charge in [-0.3, -0.25) is 14.3 Å².